The lowest BCUT2D eigenvalue weighted by molar-refractivity contribution is 0.0996. The summed E-state index contributed by atoms with van der Waals surface area (Å²) in [5.74, 6) is 0.883. The van der Waals surface area contributed by atoms with Gasteiger partial charge in [-0.15, -0.1) is 0 Å². The Bertz CT molecular complexity index is 999. The largest absolute Gasteiger partial charge is 0.490 e. The number of fused-ring (bicyclic) bond motifs is 2. The molecule has 1 amide bonds. The zero-order valence-electron chi connectivity index (χ0n) is 14.9. The van der Waals surface area contributed by atoms with E-state index in [0.717, 1.165) is 40.9 Å². The minimum Gasteiger partial charge on any atom is -0.490 e. The maximum absolute atomic E-state index is 13.0. The van der Waals surface area contributed by atoms with E-state index in [1.54, 1.807) is 0 Å². The second-order valence-electron chi connectivity index (χ2n) is 7.40. The fourth-order valence-corrected chi connectivity index (χ4v) is 4.18. The van der Waals surface area contributed by atoms with Crippen molar-refractivity contribution in [3.05, 3.63) is 59.8 Å². The Morgan fingerprint density at radius 3 is 2.73 bits per heavy atom. The third-order valence-corrected chi connectivity index (χ3v) is 5.67. The summed E-state index contributed by atoms with van der Waals surface area (Å²) in [6.07, 6.45) is 7.07. The summed E-state index contributed by atoms with van der Waals surface area (Å²) in [4.78, 5) is 14.9. The number of hydrogen-bond donors (Lipinski definition) is 0. The Morgan fingerprint density at radius 1 is 1.04 bits per heavy atom. The van der Waals surface area contributed by atoms with Gasteiger partial charge in [-0.3, -0.25) is 4.79 Å². The number of hydrogen-bond acceptors (Lipinski definition) is 2. The van der Waals surface area contributed by atoms with Gasteiger partial charge >= 0.3 is 0 Å². The minimum atomic E-state index is 0.0606. The first-order valence-electron chi connectivity index (χ1n) is 9.35. The van der Waals surface area contributed by atoms with Crippen LogP contribution in [0, 0.1) is 0 Å². The van der Waals surface area contributed by atoms with Crippen molar-refractivity contribution >= 4 is 22.5 Å². The number of rotatable bonds is 3. The molecule has 3 aromatic rings. The Morgan fingerprint density at radius 2 is 1.88 bits per heavy atom. The molecule has 132 valence electrons. The zero-order chi connectivity index (χ0) is 17.7. The van der Waals surface area contributed by atoms with Crippen molar-refractivity contribution in [2.24, 2.45) is 7.05 Å². The van der Waals surface area contributed by atoms with Crippen LogP contribution in [0.4, 0.5) is 5.69 Å². The molecule has 5 rings (SSSR count). The zero-order valence-corrected chi connectivity index (χ0v) is 14.9. The third-order valence-electron chi connectivity index (χ3n) is 5.67. The van der Waals surface area contributed by atoms with Gasteiger partial charge in [0.2, 0.25) is 0 Å². The van der Waals surface area contributed by atoms with Crippen LogP contribution in [0.25, 0.3) is 10.9 Å². The van der Waals surface area contributed by atoms with Crippen LogP contribution in [-0.4, -0.2) is 16.6 Å². The highest BCUT2D eigenvalue weighted by molar-refractivity contribution is 6.10. The molecule has 0 unspecified atom stereocenters. The number of aryl methyl sites for hydroxylation is 1. The Labute approximate surface area is 153 Å². The van der Waals surface area contributed by atoms with E-state index in [4.69, 9.17) is 4.74 Å². The van der Waals surface area contributed by atoms with Crippen molar-refractivity contribution in [2.75, 3.05) is 4.90 Å². The van der Waals surface area contributed by atoms with Gasteiger partial charge in [0.25, 0.3) is 5.91 Å². The number of carbonyl (C=O) groups excluding carboxylic acids is 1. The number of benzene rings is 2. The number of anilines is 1. The van der Waals surface area contributed by atoms with Crippen molar-refractivity contribution in [1.82, 2.24) is 4.57 Å². The van der Waals surface area contributed by atoms with Crippen LogP contribution < -0.4 is 9.64 Å². The van der Waals surface area contributed by atoms with Crippen LogP contribution >= 0.6 is 0 Å². The summed E-state index contributed by atoms with van der Waals surface area (Å²) in [6.45, 7) is 0.619. The van der Waals surface area contributed by atoms with E-state index >= 15 is 0 Å². The molecule has 0 spiro atoms. The number of amides is 1. The van der Waals surface area contributed by atoms with Gasteiger partial charge in [-0.1, -0.05) is 12.1 Å². The van der Waals surface area contributed by atoms with Crippen LogP contribution in [0.1, 0.15) is 41.6 Å². The predicted octanol–water partition coefficient (Wildman–Crippen LogP) is 4.66. The molecule has 1 aliphatic heterocycles. The average Bonchev–Trinajstić information content (AvgIpc) is 3.36. The first kappa shape index (κ1) is 15.5. The SMILES string of the molecule is Cn1ccc2ccc(N3Cc4ccc(OC5CCCC5)cc4C3=O)cc21. The molecule has 1 fully saturated rings. The molecule has 26 heavy (non-hydrogen) atoms. The number of aromatic nitrogens is 1. The molecule has 1 aliphatic carbocycles. The maximum Gasteiger partial charge on any atom is 0.259 e. The molecule has 1 aromatic heterocycles. The molecule has 0 bridgehead atoms. The third kappa shape index (κ3) is 2.48. The summed E-state index contributed by atoms with van der Waals surface area (Å²) in [7, 11) is 2.03. The van der Waals surface area contributed by atoms with E-state index in [9.17, 15) is 4.79 Å². The summed E-state index contributed by atoms with van der Waals surface area (Å²) < 4.78 is 8.16. The average molecular weight is 346 g/mol. The second kappa shape index (κ2) is 5.90. The van der Waals surface area contributed by atoms with E-state index in [2.05, 4.69) is 22.8 Å². The highest BCUT2D eigenvalue weighted by Crippen LogP contribution is 2.33. The highest BCUT2D eigenvalue weighted by atomic mass is 16.5. The predicted molar refractivity (Wildman–Crippen MR) is 103 cm³/mol. The monoisotopic (exact) mass is 346 g/mol. The molecule has 1 saturated carbocycles. The van der Waals surface area contributed by atoms with Gasteiger partial charge in [-0.25, -0.2) is 0 Å². The number of carbonyl (C=O) groups is 1. The van der Waals surface area contributed by atoms with Crippen molar-refractivity contribution < 1.29 is 9.53 Å². The fraction of sp³-hybridized carbons (Fsp3) is 0.318. The van der Waals surface area contributed by atoms with Gasteiger partial charge in [-0.2, -0.15) is 0 Å². The molecule has 0 atom stereocenters. The lowest BCUT2D eigenvalue weighted by Gasteiger charge is -2.16. The summed E-state index contributed by atoms with van der Waals surface area (Å²) in [5.41, 5.74) is 3.92. The Hall–Kier alpha value is -2.75. The Balaban J connectivity index is 1.44. The molecule has 2 heterocycles. The second-order valence-corrected chi connectivity index (χ2v) is 7.40. The van der Waals surface area contributed by atoms with Gasteiger partial charge in [0, 0.05) is 30.0 Å². The van der Waals surface area contributed by atoms with E-state index in [1.165, 1.54) is 18.2 Å². The van der Waals surface area contributed by atoms with Gasteiger partial charge in [-0.05, 0) is 67.0 Å². The smallest absolute Gasteiger partial charge is 0.259 e. The van der Waals surface area contributed by atoms with Crippen LogP contribution in [0.5, 0.6) is 5.75 Å². The van der Waals surface area contributed by atoms with Crippen LogP contribution in [0.15, 0.2) is 48.7 Å². The number of ether oxygens (including phenoxy) is 1. The fourth-order valence-electron chi connectivity index (χ4n) is 4.18. The molecule has 0 radical (unpaired) electrons. The molecule has 0 saturated heterocycles. The topological polar surface area (TPSA) is 34.5 Å². The van der Waals surface area contributed by atoms with E-state index in [-0.39, 0.29) is 5.91 Å². The van der Waals surface area contributed by atoms with Crippen molar-refractivity contribution in [1.29, 1.82) is 0 Å². The van der Waals surface area contributed by atoms with Crippen molar-refractivity contribution in [3.63, 3.8) is 0 Å². The lowest BCUT2D eigenvalue weighted by Crippen LogP contribution is -2.22. The highest BCUT2D eigenvalue weighted by Gasteiger charge is 2.29. The summed E-state index contributed by atoms with van der Waals surface area (Å²) in [6, 6.07) is 14.3. The maximum atomic E-state index is 13.0. The molecular formula is C22H22N2O2. The first-order valence-corrected chi connectivity index (χ1v) is 9.35. The van der Waals surface area contributed by atoms with Gasteiger partial charge in [0.15, 0.2) is 0 Å². The van der Waals surface area contributed by atoms with Crippen LogP contribution in [0.2, 0.25) is 0 Å². The first-order chi connectivity index (χ1) is 12.7. The Kier molecular flexibility index (Phi) is 3.52. The normalized spacial score (nSPS) is 17.3. The molecule has 2 aliphatic rings. The van der Waals surface area contributed by atoms with E-state index in [1.807, 2.05) is 42.4 Å². The number of nitrogens with zero attached hydrogens (tertiary/aromatic N) is 2. The van der Waals surface area contributed by atoms with Crippen molar-refractivity contribution in [2.45, 2.75) is 38.3 Å². The van der Waals surface area contributed by atoms with Gasteiger partial charge < -0.3 is 14.2 Å². The van der Waals surface area contributed by atoms with E-state index < -0.39 is 0 Å². The molecule has 2 aromatic carbocycles. The standard InChI is InChI=1S/C22H22N2O2/c1-23-11-10-15-6-8-17(12-21(15)23)24-14-16-7-9-19(13-20(16)22(24)25)26-18-4-2-3-5-18/h6-13,18H,2-5,14H2,1H3. The van der Waals surface area contributed by atoms with Gasteiger partial charge in [0.1, 0.15) is 5.75 Å². The van der Waals surface area contributed by atoms with Gasteiger partial charge in [0.05, 0.1) is 12.6 Å². The quantitative estimate of drug-likeness (QED) is 0.691. The van der Waals surface area contributed by atoms with Crippen LogP contribution in [0.3, 0.4) is 0 Å². The minimum absolute atomic E-state index is 0.0606. The lowest BCUT2D eigenvalue weighted by atomic mass is 10.1. The molecule has 4 nitrogen and oxygen atoms in total. The molecule has 4 heteroatoms. The van der Waals surface area contributed by atoms with Crippen LogP contribution in [-0.2, 0) is 13.6 Å². The van der Waals surface area contributed by atoms with Crippen molar-refractivity contribution in [3.8, 4) is 5.75 Å². The summed E-state index contributed by atoms with van der Waals surface area (Å²) >= 11 is 0. The molecule has 0 N–H and O–H groups in total. The van der Waals surface area contributed by atoms with E-state index in [0.29, 0.717) is 12.6 Å². The summed E-state index contributed by atoms with van der Waals surface area (Å²) in [5, 5.41) is 1.19. The molecular weight excluding hydrogens is 324 g/mol.